The first-order valence-electron chi connectivity index (χ1n) is 24.5. The van der Waals surface area contributed by atoms with Crippen LogP contribution in [0.4, 0.5) is 28.4 Å². The van der Waals surface area contributed by atoms with Gasteiger partial charge in [0, 0.05) is 55.0 Å². The molecule has 364 valence electrons. The summed E-state index contributed by atoms with van der Waals surface area (Å²) in [6.45, 7) is 9.81. The van der Waals surface area contributed by atoms with Crippen molar-refractivity contribution in [1.29, 1.82) is 0 Å². The van der Waals surface area contributed by atoms with Gasteiger partial charge in [0.15, 0.2) is 7.05 Å². The lowest BCUT2D eigenvalue weighted by Gasteiger charge is -2.23. The Balaban J connectivity index is 0.00000358. The summed E-state index contributed by atoms with van der Waals surface area (Å²) in [5.41, 5.74) is 3.03. The number of likely N-dealkylation sites (N-methyl/N-ethyl adjacent to an activating group) is 1. The molecule has 0 bridgehead atoms. The Morgan fingerprint density at radius 1 is 0.576 bits per heavy atom. The van der Waals surface area contributed by atoms with Gasteiger partial charge in [-0.25, -0.2) is 0 Å². The summed E-state index contributed by atoms with van der Waals surface area (Å²) in [6.07, 6.45) is 23.1. The standard InChI is InChI=1S/C51H75N5O6.CH3NO2/c1-5-8-9-10-11-12-13-14-15-16-17-18-19-20-21-25-29-51(59)62-39-36-56(7-3)45-32-30-44(31-33-45)53-55-48-40-49(60-37-34-42(4)57)47(54-52-43-27-23-22-24-28-43)41-50(48)61-38-35-46(58)26-6-2;1-2(3)4/h22-24,27-28,30-33,40-41H,5-21,25-26,29,34-39H2,1-4H3;1H3. The molecular weight excluding hydrogens is 837 g/mol. The summed E-state index contributed by atoms with van der Waals surface area (Å²) in [7, 11) is 0.889. The third-order valence-corrected chi connectivity index (χ3v) is 10.7. The number of esters is 1. The van der Waals surface area contributed by atoms with Crippen LogP contribution in [0.3, 0.4) is 0 Å². The average Bonchev–Trinajstić information content (AvgIpc) is 3.30. The predicted molar refractivity (Wildman–Crippen MR) is 264 cm³/mol. The molecule has 0 spiro atoms. The maximum atomic E-state index is 12.5. The minimum absolute atomic E-state index is 0.000846. The fraction of sp³-hybridized carbons (Fsp3) is 0.596. The van der Waals surface area contributed by atoms with Crippen molar-refractivity contribution in [3.63, 3.8) is 0 Å². The summed E-state index contributed by atoms with van der Waals surface area (Å²) in [4.78, 5) is 46.9. The summed E-state index contributed by atoms with van der Waals surface area (Å²) in [5.74, 6) is 0.735. The molecule has 14 nitrogen and oxygen atoms in total. The Hall–Kier alpha value is -5.53. The van der Waals surface area contributed by atoms with Crippen molar-refractivity contribution in [3.8, 4) is 11.5 Å². The Bertz CT molecular complexity index is 1850. The van der Waals surface area contributed by atoms with E-state index in [2.05, 4.69) is 39.2 Å². The molecule has 0 fully saturated rings. The molecule has 0 aliphatic heterocycles. The van der Waals surface area contributed by atoms with E-state index in [9.17, 15) is 14.4 Å². The van der Waals surface area contributed by atoms with Gasteiger partial charge in [0.25, 0.3) is 0 Å². The number of unbranched alkanes of at least 4 members (excludes halogenated alkanes) is 15. The molecule has 0 N–H and O–H groups in total. The first kappa shape index (κ1) is 56.6. The van der Waals surface area contributed by atoms with Crippen molar-refractivity contribution in [2.75, 3.05) is 44.9 Å². The van der Waals surface area contributed by atoms with E-state index in [0.717, 1.165) is 38.5 Å². The number of rotatable bonds is 36. The first-order valence-corrected chi connectivity index (χ1v) is 24.5. The molecular formula is C52H78N6O8. The molecule has 0 saturated heterocycles. The number of Topliss-reactive ketones (excluding diaryl/α,β-unsaturated/α-hetero) is 2. The lowest BCUT2D eigenvalue weighted by molar-refractivity contribution is -0.445. The molecule has 3 aromatic rings. The molecule has 0 aliphatic rings. The quantitative estimate of drug-likeness (QED) is 0.0181. The molecule has 0 radical (unpaired) electrons. The van der Waals surface area contributed by atoms with Crippen LogP contribution in [0.5, 0.6) is 11.5 Å². The van der Waals surface area contributed by atoms with Gasteiger partial charge in [0.1, 0.15) is 41.0 Å². The molecule has 0 atom stereocenters. The van der Waals surface area contributed by atoms with Gasteiger partial charge in [-0.2, -0.15) is 10.2 Å². The number of ketones is 2. The number of carbonyl (C=O) groups excluding carboxylic acids is 3. The molecule has 3 rings (SSSR count). The van der Waals surface area contributed by atoms with Gasteiger partial charge in [-0.3, -0.25) is 24.5 Å². The van der Waals surface area contributed by atoms with Crippen molar-refractivity contribution in [2.24, 2.45) is 20.5 Å². The molecule has 0 amide bonds. The second kappa shape index (κ2) is 36.7. The van der Waals surface area contributed by atoms with Crippen LogP contribution in [-0.2, 0) is 19.1 Å². The highest BCUT2D eigenvalue weighted by molar-refractivity contribution is 5.78. The van der Waals surface area contributed by atoms with E-state index in [1.165, 1.54) is 96.8 Å². The first-order chi connectivity index (χ1) is 32.1. The number of ether oxygens (including phenoxy) is 3. The molecule has 0 aliphatic carbocycles. The van der Waals surface area contributed by atoms with Crippen LogP contribution in [0.15, 0.2) is 87.2 Å². The lowest BCUT2D eigenvalue weighted by Crippen LogP contribution is -2.27. The Kier molecular flexibility index (Phi) is 31.4. The summed E-state index contributed by atoms with van der Waals surface area (Å²) < 4.78 is 17.7. The van der Waals surface area contributed by atoms with Gasteiger partial charge >= 0.3 is 5.97 Å². The average molecular weight is 915 g/mol. The van der Waals surface area contributed by atoms with Crippen LogP contribution in [0, 0.1) is 10.1 Å². The van der Waals surface area contributed by atoms with E-state index in [4.69, 9.17) is 24.3 Å². The van der Waals surface area contributed by atoms with Crippen molar-refractivity contribution >= 4 is 46.0 Å². The molecule has 66 heavy (non-hydrogen) atoms. The second-order valence-electron chi connectivity index (χ2n) is 16.5. The molecule has 0 aromatic heterocycles. The maximum Gasteiger partial charge on any atom is 0.305 e. The maximum absolute atomic E-state index is 12.5. The predicted octanol–water partition coefficient (Wildman–Crippen LogP) is 14.9. The lowest BCUT2D eigenvalue weighted by atomic mass is 10.0. The molecule has 0 heterocycles. The number of benzene rings is 3. The number of carbonyl (C=O) groups is 3. The normalized spacial score (nSPS) is 11.0. The van der Waals surface area contributed by atoms with Gasteiger partial charge in [-0.05, 0) is 63.1 Å². The number of azo groups is 2. The topological polar surface area (TPSA) is 175 Å². The third kappa shape index (κ3) is 27.7. The zero-order valence-electron chi connectivity index (χ0n) is 40.7. The fourth-order valence-electron chi connectivity index (χ4n) is 6.99. The van der Waals surface area contributed by atoms with Crippen LogP contribution >= 0.6 is 0 Å². The van der Waals surface area contributed by atoms with E-state index < -0.39 is 4.92 Å². The highest BCUT2D eigenvalue weighted by Gasteiger charge is 2.15. The number of hydrogen-bond acceptors (Lipinski definition) is 13. The van der Waals surface area contributed by atoms with E-state index >= 15 is 0 Å². The smallest absolute Gasteiger partial charge is 0.305 e. The van der Waals surface area contributed by atoms with Crippen LogP contribution in [0.2, 0.25) is 0 Å². The van der Waals surface area contributed by atoms with Crippen molar-refractivity contribution in [1.82, 2.24) is 0 Å². The van der Waals surface area contributed by atoms with Gasteiger partial charge in [-0.1, -0.05) is 128 Å². The van der Waals surface area contributed by atoms with Gasteiger partial charge in [0.2, 0.25) is 0 Å². The Labute approximate surface area is 394 Å². The van der Waals surface area contributed by atoms with Crippen LogP contribution in [-0.4, -0.2) is 62.4 Å². The zero-order chi connectivity index (χ0) is 48.0. The minimum Gasteiger partial charge on any atom is -0.491 e. The third-order valence-electron chi connectivity index (χ3n) is 10.7. The van der Waals surface area contributed by atoms with E-state index in [1.54, 1.807) is 12.1 Å². The monoisotopic (exact) mass is 915 g/mol. The summed E-state index contributed by atoms with van der Waals surface area (Å²) in [6, 6.07) is 20.3. The SMILES string of the molecule is CCCCCCCCCCCCCCCCCCC(=O)OCCN(CC)c1ccc(N=Nc2cc(OCCC(C)=O)c(N=Nc3ccccc3)cc2OCCC(=O)CCC)cc1.C[N+](=O)[O-]. The summed E-state index contributed by atoms with van der Waals surface area (Å²) in [5, 5.41) is 26.6. The Morgan fingerprint density at radius 3 is 1.52 bits per heavy atom. The van der Waals surface area contributed by atoms with Crippen LogP contribution in [0.25, 0.3) is 0 Å². The zero-order valence-corrected chi connectivity index (χ0v) is 40.7. The van der Waals surface area contributed by atoms with Gasteiger partial charge < -0.3 is 19.1 Å². The van der Waals surface area contributed by atoms with E-state index in [-0.39, 0.29) is 43.6 Å². The van der Waals surface area contributed by atoms with E-state index in [1.807, 2.05) is 61.5 Å². The number of anilines is 1. The Morgan fingerprint density at radius 2 is 1.05 bits per heavy atom. The van der Waals surface area contributed by atoms with Crippen molar-refractivity contribution in [3.05, 3.63) is 76.8 Å². The van der Waals surface area contributed by atoms with Gasteiger partial charge in [-0.15, -0.1) is 10.2 Å². The van der Waals surface area contributed by atoms with Crippen LogP contribution in [0.1, 0.15) is 163 Å². The van der Waals surface area contributed by atoms with E-state index in [0.29, 0.717) is 60.2 Å². The van der Waals surface area contributed by atoms with Crippen LogP contribution < -0.4 is 14.4 Å². The molecule has 0 unspecified atom stereocenters. The highest BCUT2D eigenvalue weighted by atomic mass is 16.6. The number of nitro groups is 1. The minimum atomic E-state index is -0.500. The van der Waals surface area contributed by atoms with Crippen molar-refractivity contribution in [2.45, 2.75) is 163 Å². The van der Waals surface area contributed by atoms with Crippen molar-refractivity contribution < 1.29 is 33.5 Å². The molecule has 14 heteroatoms. The number of hydrogen-bond donors (Lipinski definition) is 0. The molecule has 0 saturated carbocycles. The van der Waals surface area contributed by atoms with Gasteiger partial charge in [0.05, 0.1) is 31.1 Å². The largest absolute Gasteiger partial charge is 0.491 e. The summed E-state index contributed by atoms with van der Waals surface area (Å²) >= 11 is 0. The fourth-order valence-corrected chi connectivity index (χ4v) is 6.99. The second-order valence-corrected chi connectivity index (χ2v) is 16.5. The highest BCUT2D eigenvalue weighted by Crippen LogP contribution is 2.41. The number of nitrogens with zero attached hydrogens (tertiary/aromatic N) is 6. The molecule has 3 aromatic carbocycles.